The van der Waals surface area contributed by atoms with Crippen LogP contribution in [0.2, 0.25) is 0 Å². The van der Waals surface area contributed by atoms with Crippen molar-refractivity contribution >= 4 is 11.8 Å². The molecule has 0 radical (unpaired) electrons. The number of likely N-dealkylation sites (N-methyl/N-ethyl adjacent to an activating group) is 1. The highest BCUT2D eigenvalue weighted by Crippen LogP contribution is 2.22. The average Bonchev–Trinajstić information content (AvgIpc) is 2.63. The van der Waals surface area contributed by atoms with Crippen molar-refractivity contribution in [1.82, 2.24) is 14.7 Å². The Labute approximate surface area is 152 Å². The number of benzene rings is 1. The van der Waals surface area contributed by atoms with E-state index in [2.05, 4.69) is 4.74 Å². The Morgan fingerprint density at radius 3 is 2.31 bits per heavy atom. The van der Waals surface area contributed by atoms with Crippen molar-refractivity contribution in [3.63, 3.8) is 0 Å². The van der Waals surface area contributed by atoms with Crippen LogP contribution in [0.4, 0.5) is 8.78 Å². The molecule has 2 amide bonds. The van der Waals surface area contributed by atoms with Gasteiger partial charge in [0.15, 0.2) is 0 Å². The molecule has 0 atom stereocenters. The molecule has 144 valence electrons. The number of piperazine rings is 1. The summed E-state index contributed by atoms with van der Waals surface area (Å²) in [6.07, 6.45) is 0. The molecule has 1 heterocycles. The Kier molecular flexibility index (Phi) is 7.32. The molecule has 1 aliphatic heterocycles. The maximum Gasteiger partial charge on any atom is 0.387 e. The molecule has 2 rings (SSSR count). The van der Waals surface area contributed by atoms with Gasteiger partial charge in [-0.2, -0.15) is 8.78 Å². The number of carbonyl (C=O) groups excluding carboxylic acids is 2. The summed E-state index contributed by atoms with van der Waals surface area (Å²) in [5, 5.41) is 0. The predicted molar refractivity (Wildman–Crippen MR) is 93.3 cm³/mol. The third kappa shape index (κ3) is 5.14. The molecule has 0 spiro atoms. The summed E-state index contributed by atoms with van der Waals surface area (Å²) in [5.41, 5.74) is 0.125. The van der Waals surface area contributed by atoms with Gasteiger partial charge in [0.1, 0.15) is 5.75 Å². The molecule has 0 aromatic heterocycles. The highest BCUT2D eigenvalue weighted by Gasteiger charge is 2.26. The van der Waals surface area contributed by atoms with Crippen LogP contribution in [0, 0.1) is 0 Å². The van der Waals surface area contributed by atoms with Crippen molar-refractivity contribution in [2.24, 2.45) is 0 Å². The first-order valence-corrected chi connectivity index (χ1v) is 8.79. The molecule has 1 saturated heterocycles. The van der Waals surface area contributed by atoms with E-state index in [4.69, 9.17) is 0 Å². The minimum Gasteiger partial charge on any atom is -0.434 e. The number of halogens is 2. The van der Waals surface area contributed by atoms with Gasteiger partial charge in [0.25, 0.3) is 5.91 Å². The van der Waals surface area contributed by atoms with Crippen LogP contribution in [0.25, 0.3) is 0 Å². The molecule has 1 fully saturated rings. The van der Waals surface area contributed by atoms with Gasteiger partial charge < -0.3 is 14.5 Å². The molecule has 0 aliphatic carbocycles. The zero-order chi connectivity index (χ0) is 19.1. The Morgan fingerprint density at radius 2 is 1.73 bits per heavy atom. The normalized spacial score (nSPS) is 15.2. The average molecular weight is 369 g/mol. The lowest BCUT2D eigenvalue weighted by molar-refractivity contribution is -0.132. The zero-order valence-corrected chi connectivity index (χ0v) is 15.2. The molecule has 1 aromatic rings. The Bertz CT molecular complexity index is 615. The van der Waals surface area contributed by atoms with E-state index in [0.717, 1.165) is 0 Å². The van der Waals surface area contributed by atoms with Gasteiger partial charge in [-0.1, -0.05) is 12.1 Å². The molecule has 0 unspecified atom stereocenters. The quantitative estimate of drug-likeness (QED) is 0.737. The first-order valence-electron chi connectivity index (χ1n) is 8.79. The summed E-state index contributed by atoms with van der Waals surface area (Å²) < 4.78 is 29.5. The monoisotopic (exact) mass is 369 g/mol. The van der Waals surface area contributed by atoms with Gasteiger partial charge in [-0.05, 0) is 26.0 Å². The summed E-state index contributed by atoms with van der Waals surface area (Å²) in [7, 11) is 0. The van der Waals surface area contributed by atoms with Gasteiger partial charge in [0.2, 0.25) is 5.91 Å². The number of rotatable bonds is 7. The van der Waals surface area contributed by atoms with Crippen LogP contribution in [0.1, 0.15) is 24.2 Å². The second-order valence-electron chi connectivity index (χ2n) is 6.01. The van der Waals surface area contributed by atoms with Crippen LogP contribution in [0.15, 0.2) is 24.3 Å². The van der Waals surface area contributed by atoms with E-state index in [1.807, 2.05) is 18.7 Å². The number of carbonyl (C=O) groups is 2. The molecule has 1 aliphatic rings. The van der Waals surface area contributed by atoms with Crippen molar-refractivity contribution in [2.75, 3.05) is 45.8 Å². The van der Waals surface area contributed by atoms with Crippen molar-refractivity contribution in [3.8, 4) is 5.75 Å². The first-order chi connectivity index (χ1) is 12.5. The summed E-state index contributed by atoms with van der Waals surface area (Å²) in [4.78, 5) is 30.2. The summed E-state index contributed by atoms with van der Waals surface area (Å²) in [6, 6.07) is 6.00. The fourth-order valence-corrected chi connectivity index (χ4v) is 2.99. The van der Waals surface area contributed by atoms with Gasteiger partial charge in [-0.3, -0.25) is 14.5 Å². The van der Waals surface area contributed by atoms with Crippen molar-refractivity contribution in [2.45, 2.75) is 20.5 Å². The number of hydrogen-bond acceptors (Lipinski definition) is 4. The van der Waals surface area contributed by atoms with E-state index in [1.54, 1.807) is 21.9 Å². The van der Waals surface area contributed by atoms with Gasteiger partial charge >= 0.3 is 6.61 Å². The summed E-state index contributed by atoms with van der Waals surface area (Å²) in [5.74, 6) is -0.381. The van der Waals surface area contributed by atoms with E-state index < -0.39 is 6.61 Å². The molecule has 26 heavy (non-hydrogen) atoms. The number of hydrogen-bond donors (Lipinski definition) is 0. The van der Waals surface area contributed by atoms with Gasteiger partial charge in [0.05, 0.1) is 12.1 Å². The van der Waals surface area contributed by atoms with Crippen molar-refractivity contribution < 1.29 is 23.1 Å². The molecule has 1 aromatic carbocycles. The third-order valence-corrected chi connectivity index (χ3v) is 4.47. The number of alkyl halides is 2. The fraction of sp³-hybridized carbons (Fsp3) is 0.556. The van der Waals surface area contributed by atoms with E-state index in [9.17, 15) is 18.4 Å². The number of amides is 2. The maximum absolute atomic E-state index is 12.6. The van der Waals surface area contributed by atoms with E-state index >= 15 is 0 Å². The second-order valence-corrected chi connectivity index (χ2v) is 6.01. The summed E-state index contributed by atoms with van der Waals surface area (Å²) in [6.45, 7) is 4.59. The van der Waals surface area contributed by atoms with Crippen LogP contribution in [-0.2, 0) is 4.79 Å². The number of nitrogens with zero attached hydrogens (tertiary/aromatic N) is 3. The van der Waals surface area contributed by atoms with Gasteiger partial charge in [-0.15, -0.1) is 0 Å². The number of ether oxygens (including phenoxy) is 1. The van der Waals surface area contributed by atoms with Crippen LogP contribution in [0.5, 0.6) is 5.75 Å². The molecule has 0 saturated carbocycles. The highest BCUT2D eigenvalue weighted by atomic mass is 19.3. The largest absolute Gasteiger partial charge is 0.434 e. The SMILES string of the molecule is CCN(CC)C(=O)CN1CCN(C(=O)c2ccccc2OC(F)F)CC1. The zero-order valence-electron chi connectivity index (χ0n) is 15.2. The molecule has 8 heteroatoms. The molecule has 6 nitrogen and oxygen atoms in total. The second kappa shape index (κ2) is 9.47. The Balaban J connectivity index is 1.94. The van der Waals surface area contributed by atoms with Gasteiger partial charge in [0, 0.05) is 39.3 Å². The molecule has 0 bridgehead atoms. The number of para-hydroxylation sites is 1. The molecular formula is C18H25F2N3O3. The first kappa shape index (κ1) is 20.1. The molecular weight excluding hydrogens is 344 g/mol. The lowest BCUT2D eigenvalue weighted by atomic mass is 10.1. The van der Waals surface area contributed by atoms with E-state index in [-0.39, 0.29) is 23.1 Å². The third-order valence-electron chi connectivity index (χ3n) is 4.47. The lowest BCUT2D eigenvalue weighted by Gasteiger charge is -2.35. The highest BCUT2D eigenvalue weighted by molar-refractivity contribution is 5.97. The van der Waals surface area contributed by atoms with Crippen molar-refractivity contribution in [1.29, 1.82) is 0 Å². The van der Waals surface area contributed by atoms with E-state index in [0.29, 0.717) is 45.8 Å². The van der Waals surface area contributed by atoms with Crippen molar-refractivity contribution in [3.05, 3.63) is 29.8 Å². The fourth-order valence-electron chi connectivity index (χ4n) is 2.99. The van der Waals surface area contributed by atoms with Crippen LogP contribution < -0.4 is 4.74 Å². The van der Waals surface area contributed by atoms with E-state index in [1.165, 1.54) is 12.1 Å². The smallest absolute Gasteiger partial charge is 0.387 e. The van der Waals surface area contributed by atoms with Crippen LogP contribution >= 0.6 is 0 Å². The lowest BCUT2D eigenvalue weighted by Crippen LogP contribution is -2.51. The van der Waals surface area contributed by atoms with Crippen LogP contribution in [0.3, 0.4) is 0 Å². The Morgan fingerprint density at radius 1 is 1.12 bits per heavy atom. The minimum atomic E-state index is -2.98. The standard InChI is InChI=1S/C18H25F2N3O3/c1-3-22(4-2)16(24)13-21-9-11-23(12-10-21)17(25)14-7-5-6-8-15(14)26-18(19)20/h5-8,18H,3-4,9-13H2,1-2H3. The topological polar surface area (TPSA) is 53.1 Å². The Hall–Kier alpha value is -2.22. The predicted octanol–water partition coefficient (Wildman–Crippen LogP) is 1.91. The molecule has 0 N–H and O–H groups in total. The minimum absolute atomic E-state index is 0.0745. The summed E-state index contributed by atoms with van der Waals surface area (Å²) >= 11 is 0. The van der Waals surface area contributed by atoms with Gasteiger partial charge in [-0.25, -0.2) is 0 Å². The maximum atomic E-state index is 12.6. The van der Waals surface area contributed by atoms with Crippen LogP contribution in [-0.4, -0.2) is 78.9 Å².